The molecular formula is C19H19NO4S. The van der Waals surface area contributed by atoms with Gasteiger partial charge in [-0.15, -0.1) is 11.3 Å². The number of thiophene rings is 1. The molecule has 1 aromatic carbocycles. The first-order valence-electron chi connectivity index (χ1n) is 8.28. The van der Waals surface area contributed by atoms with Crippen molar-refractivity contribution in [1.29, 1.82) is 0 Å². The van der Waals surface area contributed by atoms with E-state index >= 15 is 0 Å². The first kappa shape index (κ1) is 17.4. The molecule has 1 saturated heterocycles. The first-order valence-corrected chi connectivity index (χ1v) is 9.10. The van der Waals surface area contributed by atoms with Gasteiger partial charge in [-0.1, -0.05) is 19.1 Å². The summed E-state index contributed by atoms with van der Waals surface area (Å²) in [6.45, 7) is 2.32. The van der Waals surface area contributed by atoms with Crippen molar-refractivity contribution in [2.75, 3.05) is 18.1 Å². The largest absolute Gasteiger partial charge is 0.454 e. The molecule has 0 aliphatic carbocycles. The Labute approximate surface area is 150 Å². The van der Waals surface area contributed by atoms with Crippen LogP contribution in [0, 0.1) is 0 Å². The van der Waals surface area contributed by atoms with Crippen molar-refractivity contribution in [3.63, 3.8) is 0 Å². The van der Waals surface area contributed by atoms with Crippen LogP contribution in [-0.4, -0.2) is 30.8 Å². The van der Waals surface area contributed by atoms with Crippen LogP contribution >= 0.6 is 11.3 Å². The summed E-state index contributed by atoms with van der Waals surface area (Å²) in [5, 5.41) is 0. The molecule has 130 valence electrons. The highest BCUT2D eigenvalue weighted by molar-refractivity contribution is 7.14. The fraction of sp³-hybridized carbons (Fsp3) is 0.316. The fourth-order valence-corrected chi connectivity index (χ4v) is 3.65. The number of ether oxygens (including phenoxy) is 1. The van der Waals surface area contributed by atoms with Crippen LogP contribution in [0.1, 0.15) is 44.7 Å². The van der Waals surface area contributed by atoms with Crippen molar-refractivity contribution in [2.45, 2.75) is 26.2 Å². The summed E-state index contributed by atoms with van der Waals surface area (Å²) in [6.07, 6.45) is 2.13. The molecule has 0 saturated carbocycles. The summed E-state index contributed by atoms with van der Waals surface area (Å²) in [5.74, 6) is -0.800. The third-order valence-electron chi connectivity index (χ3n) is 4.11. The lowest BCUT2D eigenvalue weighted by atomic mass is 10.1. The van der Waals surface area contributed by atoms with E-state index < -0.39 is 5.97 Å². The molecule has 0 unspecified atom stereocenters. The average molecular weight is 357 g/mol. The summed E-state index contributed by atoms with van der Waals surface area (Å²) < 4.78 is 5.20. The maximum atomic E-state index is 12.4. The fourth-order valence-electron chi connectivity index (χ4n) is 2.78. The van der Waals surface area contributed by atoms with Gasteiger partial charge in [0.1, 0.15) is 0 Å². The second kappa shape index (κ2) is 7.61. The molecule has 1 fully saturated rings. The number of rotatable bonds is 6. The predicted octanol–water partition coefficient (Wildman–Crippen LogP) is 3.48. The molecule has 0 atom stereocenters. The summed E-state index contributed by atoms with van der Waals surface area (Å²) >= 11 is 1.42. The summed E-state index contributed by atoms with van der Waals surface area (Å²) in [5.41, 5.74) is 0.859. The Morgan fingerprint density at radius 1 is 1.20 bits per heavy atom. The van der Waals surface area contributed by atoms with Gasteiger partial charge >= 0.3 is 5.97 Å². The minimum Gasteiger partial charge on any atom is -0.454 e. The number of para-hydroxylation sites is 1. The molecular weight excluding hydrogens is 338 g/mol. The lowest BCUT2D eigenvalue weighted by Crippen LogP contribution is -2.26. The Balaban J connectivity index is 1.69. The van der Waals surface area contributed by atoms with Crippen LogP contribution in [0.25, 0.3) is 0 Å². The van der Waals surface area contributed by atoms with E-state index in [2.05, 4.69) is 0 Å². The van der Waals surface area contributed by atoms with Crippen LogP contribution in [0.4, 0.5) is 5.69 Å². The number of nitrogens with zero attached hydrogens (tertiary/aromatic N) is 1. The van der Waals surface area contributed by atoms with Crippen molar-refractivity contribution in [2.24, 2.45) is 0 Å². The van der Waals surface area contributed by atoms with E-state index in [1.807, 2.05) is 13.0 Å². The number of aryl methyl sites for hydroxylation is 1. The minimum absolute atomic E-state index is 0.00186. The molecule has 25 heavy (non-hydrogen) atoms. The lowest BCUT2D eigenvalue weighted by molar-refractivity contribution is -0.117. The summed E-state index contributed by atoms with van der Waals surface area (Å²) in [4.78, 5) is 39.9. The van der Waals surface area contributed by atoms with Gasteiger partial charge in [0.15, 0.2) is 6.61 Å². The Morgan fingerprint density at radius 2 is 2.00 bits per heavy atom. The van der Waals surface area contributed by atoms with Gasteiger partial charge in [0, 0.05) is 17.8 Å². The van der Waals surface area contributed by atoms with Crippen LogP contribution in [0.5, 0.6) is 0 Å². The summed E-state index contributed by atoms with van der Waals surface area (Å²) in [6, 6.07) is 10.5. The predicted molar refractivity (Wildman–Crippen MR) is 96.3 cm³/mol. The Morgan fingerprint density at radius 3 is 2.68 bits per heavy atom. The average Bonchev–Trinajstić information content (AvgIpc) is 3.28. The van der Waals surface area contributed by atoms with Crippen LogP contribution in [-0.2, 0) is 16.0 Å². The number of esters is 1. The zero-order chi connectivity index (χ0) is 17.8. The standard InChI is InChI=1S/C19H19NO4S/c1-2-13-9-10-17(25-13)16(21)12-24-19(23)14-6-3-4-7-15(14)20-11-5-8-18(20)22/h3-4,6-7,9-10H,2,5,8,11-12H2,1H3. The van der Waals surface area contributed by atoms with Crippen molar-refractivity contribution >= 4 is 34.7 Å². The van der Waals surface area contributed by atoms with Crippen molar-refractivity contribution in [3.05, 3.63) is 51.7 Å². The molecule has 1 aromatic heterocycles. The number of amides is 1. The van der Waals surface area contributed by atoms with Gasteiger partial charge in [-0.2, -0.15) is 0 Å². The molecule has 5 nitrogen and oxygen atoms in total. The second-order valence-corrected chi connectivity index (χ2v) is 6.95. The van der Waals surface area contributed by atoms with Gasteiger partial charge in [-0.25, -0.2) is 4.79 Å². The van der Waals surface area contributed by atoms with E-state index in [0.29, 0.717) is 29.1 Å². The van der Waals surface area contributed by atoms with Crippen molar-refractivity contribution < 1.29 is 19.1 Å². The number of ketones is 1. The van der Waals surface area contributed by atoms with Gasteiger partial charge in [0.25, 0.3) is 0 Å². The highest BCUT2D eigenvalue weighted by atomic mass is 32.1. The van der Waals surface area contributed by atoms with Crippen molar-refractivity contribution in [1.82, 2.24) is 0 Å². The number of carbonyl (C=O) groups excluding carboxylic acids is 3. The minimum atomic E-state index is -0.587. The van der Waals surface area contributed by atoms with E-state index in [0.717, 1.165) is 17.7 Å². The number of carbonyl (C=O) groups is 3. The van der Waals surface area contributed by atoms with E-state index in [4.69, 9.17) is 4.74 Å². The van der Waals surface area contributed by atoms with Crippen LogP contribution in [0.2, 0.25) is 0 Å². The SMILES string of the molecule is CCc1ccc(C(=O)COC(=O)c2ccccc2N2CCCC2=O)s1. The van der Waals surface area contributed by atoms with Gasteiger partial charge in [0.05, 0.1) is 16.1 Å². The zero-order valence-corrected chi connectivity index (χ0v) is 14.8. The quantitative estimate of drug-likeness (QED) is 0.586. The number of Topliss-reactive ketones (excluding diaryl/α,β-unsaturated/α-hetero) is 1. The molecule has 1 amide bonds. The monoisotopic (exact) mass is 357 g/mol. The van der Waals surface area contributed by atoms with E-state index in [1.54, 1.807) is 35.2 Å². The summed E-state index contributed by atoms with van der Waals surface area (Å²) in [7, 11) is 0. The first-order chi connectivity index (χ1) is 12.1. The molecule has 0 spiro atoms. The third kappa shape index (κ3) is 3.79. The van der Waals surface area contributed by atoms with Gasteiger partial charge in [-0.3, -0.25) is 9.59 Å². The van der Waals surface area contributed by atoms with E-state index in [9.17, 15) is 14.4 Å². The maximum absolute atomic E-state index is 12.4. The molecule has 2 aromatic rings. The molecule has 0 radical (unpaired) electrons. The van der Waals surface area contributed by atoms with Crippen LogP contribution in [0.15, 0.2) is 36.4 Å². The van der Waals surface area contributed by atoms with E-state index in [1.165, 1.54) is 11.3 Å². The van der Waals surface area contributed by atoms with Gasteiger partial charge in [0.2, 0.25) is 11.7 Å². The number of hydrogen-bond acceptors (Lipinski definition) is 5. The smallest absolute Gasteiger partial charge is 0.340 e. The molecule has 0 bridgehead atoms. The highest BCUT2D eigenvalue weighted by Gasteiger charge is 2.26. The van der Waals surface area contributed by atoms with Crippen LogP contribution < -0.4 is 4.90 Å². The maximum Gasteiger partial charge on any atom is 0.340 e. The number of benzene rings is 1. The van der Waals surface area contributed by atoms with Gasteiger partial charge < -0.3 is 9.64 Å². The van der Waals surface area contributed by atoms with Gasteiger partial charge in [-0.05, 0) is 37.1 Å². The third-order valence-corrected chi connectivity index (χ3v) is 5.38. The lowest BCUT2D eigenvalue weighted by Gasteiger charge is -2.18. The molecule has 1 aliphatic heterocycles. The molecule has 3 rings (SSSR count). The molecule has 0 N–H and O–H groups in total. The zero-order valence-electron chi connectivity index (χ0n) is 14.0. The second-order valence-electron chi connectivity index (χ2n) is 5.78. The Kier molecular flexibility index (Phi) is 5.28. The Hall–Kier alpha value is -2.47. The Bertz CT molecular complexity index is 811. The number of anilines is 1. The van der Waals surface area contributed by atoms with Crippen LogP contribution in [0.3, 0.4) is 0 Å². The highest BCUT2D eigenvalue weighted by Crippen LogP contribution is 2.26. The normalized spacial score (nSPS) is 14.0. The van der Waals surface area contributed by atoms with E-state index in [-0.39, 0.29) is 18.3 Å². The van der Waals surface area contributed by atoms with Crippen molar-refractivity contribution in [3.8, 4) is 0 Å². The topological polar surface area (TPSA) is 63.7 Å². The molecule has 1 aliphatic rings. The molecule has 6 heteroatoms. The number of hydrogen-bond donors (Lipinski definition) is 0. The molecule has 2 heterocycles.